The van der Waals surface area contributed by atoms with Crippen LogP contribution in [-0.4, -0.2) is 35.3 Å². The molecule has 2 unspecified atom stereocenters. The van der Waals surface area contributed by atoms with Crippen LogP contribution in [0.2, 0.25) is 0 Å². The number of rotatable bonds is 1. The van der Waals surface area contributed by atoms with Gasteiger partial charge >= 0.3 is 0 Å². The highest BCUT2D eigenvalue weighted by molar-refractivity contribution is 6.08. The van der Waals surface area contributed by atoms with E-state index in [1.165, 1.54) is 0 Å². The van der Waals surface area contributed by atoms with E-state index in [0.29, 0.717) is 0 Å². The first kappa shape index (κ1) is 12.2. The van der Waals surface area contributed by atoms with Gasteiger partial charge in [-0.2, -0.15) is 0 Å². The molecule has 100 valence electrons. The normalized spacial score (nSPS) is 26.8. The minimum atomic E-state index is -0.399. The molecule has 2 saturated heterocycles. The maximum Gasteiger partial charge on any atom is 0.250 e. The predicted octanol–water partition coefficient (Wildman–Crippen LogP) is 1.72. The highest BCUT2D eigenvalue weighted by Crippen LogP contribution is 2.30. The first-order valence-corrected chi connectivity index (χ1v) is 6.80. The molecule has 4 heteroatoms. The van der Waals surface area contributed by atoms with Crippen molar-refractivity contribution in [2.24, 2.45) is 0 Å². The molecule has 2 aliphatic heterocycles. The zero-order chi connectivity index (χ0) is 13.6. The number of nitrogens with zero attached hydrogens (tertiary/aromatic N) is 2. The molecule has 4 nitrogen and oxygen atoms in total. The smallest absolute Gasteiger partial charge is 0.250 e. The van der Waals surface area contributed by atoms with Gasteiger partial charge in [-0.25, -0.2) is 0 Å². The Bertz CT molecular complexity index is 541. The Balaban J connectivity index is 2.00. The van der Waals surface area contributed by atoms with Gasteiger partial charge in [-0.1, -0.05) is 12.1 Å². The lowest BCUT2D eigenvalue weighted by Gasteiger charge is -2.40. The third kappa shape index (κ3) is 1.82. The van der Waals surface area contributed by atoms with Crippen molar-refractivity contribution in [3.05, 3.63) is 29.8 Å². The summed E-state index contributed by atoms with van der Waals surface area (Å²) in [6.07, 6.45) is 1.72. The first-order chi connectivity index (χ1) is 9.09. The Morgan fingerprint density at radius 1 is 1.21 bits per heavy atom. The molecule has 0 aliphatic carbocycles. The van der Waals surface area contributed by atoms with E-state index in [9.17, 15) is 9.59 Å². The van der Waals surface area contributed by atoms with Crippen LogP contribution in [0.3, 0.4) is 0 Å². The lowest BCUT2D eigenvalue weighted by atomic mass is 10.0. The van der Waals surface area contributed by atoms with Crippen LogP contribution in [0, 0.1) is 6.92 Å². The molecule has 2 amide bonds. The van der Waals surface area contributed by atoms with Gasteiger partial charge < -0.3 is 4.90 Å². The molecule has 1 aromatic carbocycles. The van der Waals surface area contributed by atoms with Crippen LogP contribution >= 0.6 is 0 Å². The average Bonchev–Trinajstić information content (AvgIpc) is 2.86. The summed E-state index contributed by atoms with van der Waals surface area (Å²) >= 11 is 0. The van der Waals surface area contributed by atoms with E-state index in [1.807, 2.05) is 38.1 Å². The van der Waals surface area contributed by atoms with E-state index in [2.05, 4.69) is 0 Å². The molecule has 1 aromatic rings. The zero-order valence-corrected chi connectivity index (χ0v) is 11.3. The number of hydrogen-bond donors (Lipinski definition) is 0. The molecular formula is C15H18N2O2. The topological polar surface area (TPSA) is 40.6 Å². The SMILES string of the molecule is Cc1cccc(N2C(=O)C3CCCN3C(=O)C2C)c1. The third-order valence-electron chi connectivity index (χ3n) is 4.08. The molecule has 2 fully saturated rings. The number of amides is 2. The van der Waals surface area contributed by atoms with Crippen LogP contribution < -0.4 is 4.90 Å². The lowest BCUT2D eigenvalue weighted by molar-refractivity contribution is -0.143. The Morgan fingerprint density at radius 2 is 2.00 bits per heavy atom. The molecule has 3 rings (SSSR count). The monoisotopic (exact) mass is 258 g/mol. The van der Waals surface area contributed by atoms with Crippen LogP contribution in [0.1, 0.15) is 25.3 Å². The first-order valence-electron chi connectivity index (χ1n) is 6.80. The van der Waals surface area contributed by atoms with E-state index in [-0.39, 0.29) is 17.9 Å². The highest BCUT2D eigenvalue weighted by Gasteiger charge is 2.46. The Morgan fingerprint density at radius 3 is 2.74 bits per heavy atom. The molecule has 2 atom stereocenters. The van der Waals surface area contributed by atoms with Gasteiger partial charge in [-0.05, 0) is 44.4 Å². The summed E-state index contributed by atoms with van der Waals surface area (Å²) in [6, 6.07) is 7.14. The second-order valence-corrected chi connectivity index (χ2v) is 5.41. The fourth-order valence-corrected chi connectivity index (χ4v) is 3.12. The van der Waals surface area contributed by atoms with E-state index in [4.69, 9.17) is 0 Å². The van der Waals surface area contributed by atoms with Gasteiger partial charge in [0.25, 0.3) is 5.91 Å². The largest absolute Gasteiger partial charge is 0.329 e. The fraction of sp³-hybridized carbons (Fsp3) is 0.467. The number of carbonyl (C=O) groups excluding carboxylic acids is 2. The standard InChI is InChI=1S/C15H18N2O2/c1-10-5-3-6-12(9-10)17-11(2)14(18)16-8-4-7-13(16)15(17)19/h3,5-6,9,11,13H,4,7-8H2,1-2H3. The molecule has 0 N–H and O–H groups in total. The van der Waals surface area contributed by atoms with Crippen molar-refractivity contribution in [3.63, 3.8) is 0 Å². The third-order valence-corrected chi connectivity index (χ3v) is 4.08. The Kier molecular flexibility index (Phi) is 2.81. The number of hydrogen-bond acceptors (Lipinski definition) is 2. The van der Waals surface area contributed by atoms with Crippen LogP contribution in [0.15, 0.2) is 24.3 Å². The molecule has 0 saturated carbocycles. The summed E-state index contributed by atoms with van der Waals surface area (Å²) in [5, 5.41) is 0. The molecule has 19 heavy (non-hydrogen) atoms. The average molecular weight is 258 g/mol. The molecule has 2 aliphatic rings. The summed E-state index contributed by atoms with van der Waals surface area (Å²) in [4.78, 5) is 28.4. The number of piperazine rings is 1. The van der Waals surface area contributed by atoms with Gasteiger partial charge in [-0.3, -0.25) is 14.5 Å². The Hall–Kier alpha value is -1.84. The summed E-state index contributed by atoms with van der Waals surface area (Å²) in [7, 11) is 0. The van der Waals surface area contributed by atoms with Crippen molar-refractivity contribution >= 4 is 17.5 Å². The second-order valence-electron chi connectivity index (χ2n) is 5.41. The molecule has 2 heterocycles. The van der Waals surface area contributed by atoms with Gasteiger partial charge in [-0.15, -0.1) is 0 Å². The van der Waals surface area contributed by atoms with Crippen LogP contribution in [0.5, 0.6) is 0 Å². The van der Waals surface area contributed by atoms with E-state index in [1.54, 1.807) is 9.80 Å². The van der Waals surface area contributed by atoms with Crippen LogP contribution in [-0.2, 0) is 9.59 Å². The number of benzene rings is 1. The molecule has 0 bridgehead atoms. The predicted molar refractivity (Wildman–Crippen MR) is 72.9 cm³/mol. The summed E-state index contributed by atoms with van der Waals surface area (Å²) in [5.41, 5.74) is 1.93. The van der Waals surface area contributed by atoms with E-state index < -0.39 is 6.04 Å². The number of fused-ring (bicyclic) bond motifs is 1. The van der Waals surface area contributed by atoms with E-state index in [0.717, 1.165) is 30.6 Å². The minimum absolute atomic E-state index is 0.0650. The minimum Gasteiger partial charge on any atom is -0.329 e. The van der Waals surface area contributed by atoms with Crippen molar-refractivity contribution < 1.29 is 9.59 Å². The van der Waals surface area contributed by atoms with Crippen molar-refractivity contribution in [3.8, 4) is 0 Å². The molecule has 0 spiro atoms. The number of carbonyl (C=O) groups is 2. The molecular weight excluding hydrogens is 240 g/mol. The van der Waals surface area contributed by atoms with Gasteiger partial charge in [0.2, 0.25) is 5.91 Å². The number of aryl methyl sites for hydroxylation is 1. The lowest BCUT2D eigenvalue weighted by Crippen LogP contribution is -2.62. The van der Waals surface area contributed by atoms with Gasteiger partial charge in [0.05, 0.1) is 0 Å². The van der Waals surface area contributed by atoms with Crippen molar-refractivity contribution in [1.29, 1.82) is 0 Å². The number of anilines is 1. The zero-order valence-electron chi connectivity index (χ0n) is 11.3. The van der Waals surface area contributed by atoms with Gasteiger partial charge in [0.1, 0.15) is 12.1 Å². The van der Waals surface area contributed by atoms with Gasteiger partial charge in [0.15, 0.2) is 0 Å². The van der Waals surface area contributed by atoms with Crippen molar-refractivity contribution in [2.45, 2.75) is 38.8 Å². The Labute approximate surface area is 113 Å². The summed E-state index contributed by atoms with van der Waals surface area (Å²) in [5.74, 6) is 0.138. The van der Waals surface area contributed by atoms with Crippen LogP contribution in [0.4, 0.5) is 5.69 Å². The summed E-state index contributed by atoms with van der Waals surface area (Å²) < 4.78 is 0. The van der Waals surface area contributed by atoms with Crippen molar-refractivity contribution in [2.75, 3.05) is 11.4 Å². The van der Waals surface area contributed by atoms with Gasteiger partial charge in [0, 0.05) is 12.2 Å². The quantitative estimate of drug-likeness (QED) is 0.769. The van der Waals surface area contributed by atoms with Crippen LogP contribution in [0.25, 0.3) is 0 Å². The van der Waals surface area contributed by atoms with Crippen molar-refractivity contribution in [1.82, 2.24) is 4.90 Å². The maximum absolute atomic E-state index is 12.6. The summed E-state index contributed by atoms with van der Waals surface area (Å²) in [6.45, 7) is 4.53. The maximum atomic E-state index is 12.6. The second kappa shape index (κ2) is 4.37. The van der Waals surface area contributed by atoms with E-state index >= 15 is 0 Å². The fourth-order valence-electron chi connectivity index (χ4n) is 3.12. The molecule has 0 radical (unpaired) electrons. The molecule has 0 aromatic heterocycles. The highest BCUT2D eigenvalue weighted by atomic mass is 16.2.